The van der Waals surface area contributed by atoms with E-state index in [9.17, 15) is 0 Å². The molecule has 2 aromatic rings. The van der Waals surface area contributed by atoms with Crippen LogP contribution in [0.1, 0.15) is 293 Å². The van der Waals surface area contributed by atoms with Crippen molar-refractivity contribution < 1.29 is 0 Å². The molecule has 0 amide bonds. The highest BCUT2D eigenvalue weighted by atomic mass is 14.8. The number of hydrogen-bond donors (Lipinski definition) is 0. The second-order valence-electron chi connectivity index (χ2n) is 20.8. The van der Waals surface area contributed by atoms with Gasteiger partial charge in [0.25, 0.3) is 0 Å². The molecule has 1 heteroatoms. The third-order valence-electron chi connectivity index (χ3n) is 14.9. The van der Waals surface area contributed by atoms with Gasteiger partial charge in [-0.25, -0.2) is 4.99 Å². The minimum absolute atomic E-state index is 0.804. The number of allylic oxidation sites excluding steroid dienone is 10. The van der Waals surface area contributed by atoms with Gasteiger partial charge in [-0.05, 0) is 144 Å². The predicted molar refractivity (Wildman–Crippen MR) is 324 cm³/mol. The number of nitrogens with zero attached hydrogens (tertiary/aromatic N) is 1. The summed E-state index contributed by atoms with van der Waals surface area (Å²) in [7, 11) is 0. The summed E-state index contributed by atoms with van der Waals surface area (Å²) in [5, 5.41) is 0. The highest BCUT2D eigenvalue weighted by Crippen LogP contribution is 2.30. The minimum Gasteiger partial charge on any atom is -0.248 e. The van der Waals surface area contributed by atoms with E-state index in [0.717, 1.165) is 22.5 Å². The largest absolute Gasteiger partial charge is 0.248 e. The van der Waals surface area contributed by atoms with E-state index in [2.05, 4.69) is 158 Å². The molecule has 70 heavy (non-hydrogen) atoms. The van der Waals surface area contributed by atoms with Gasteiger partial charge in [0.15, 0.2) is 0 Å². The number of unbranched alkanes of at least 4 members (excludes halogenated alkanes) is 24. The normalized spacial score (nSPS) is 12.9. The maximum Gasteiger partial charge on any atom is 0.0698 e. The van der Waals surface area contributed by atoms with E-state index in [1.54, 1.807) is 5.57 Å². The molecule has 0 aromatic heterocycles. The van der Waals surface area contributed by atoms with Crippen molar-refractivity contribution in [2.45, 2.75) is 290 Å². The van der Waals surface area contributed by atoms with Crippen LogP contribution in [-0.2, 0) is 0 Å². The SMILES string of the molecule is C=C(N=C(/C(C)=C/C=C\C)/C(C)=C(\C)c1ccc(C)c(C)c1C)c1ccc(C)c(C)c1C.CCC1=CC=CCC1.CCCCCCCCCCCCCCC.CCCCCCCCCCCCCCC. The van der Waals surface area contributed by atoms with Crippen molar-refractivity contribution in [3.05, 3.63) is 129 Å². The first-order valence-corrected chi connectivity index (χ1v) is 29.5. The number of aryl methyl sites for hydroxylation is 2. The summed E-state index contributed by atoms with van der Waals surface area (Å²) >= 11 is 0. The van der Waals surface area contributed by atoms with Crippen molar-refractivity contribution in [3.8, 4) is 0 Å². The Hall–Kier alpha value is -3.45. The molecule has 0 radical (unpaired) electrons. The lowest BCUT2D eigenvalue weighted by Crippen LogP contribution is -2.07. The monoisotopic (exact) mass is 958 g/mol. The van der Waals surface area contributed by atoms with Crippen LogP contribution in [0.4, 0.5) is 0 Å². The molecule has 1 aliphatic rings. The fraction of sp³-hybridized carbons (Fsp3) is 0.638. The maximum atomic E-state index is 5.11. The van der Waals surface area contributed by atoms with Crippen LogP contribution in [0.2, 0.25) is 0 Å². The highest BCUT2D eigenvalue weighted by molar-refractivity contribution is 6.17. The second kappa shape index (κ2) is 44.3. The van der Waals surface area contributed by atoms with E-state index in [4.69, 9.17) is 4.99 Å². The molecule has 0 unspecified atom stereocenters. The van der Waals surface area contributed by atoms with Crippen LogP contribution in [0.5, 0.6) is 0 Å². The van der Waals surface area contributed by atoms with Gasteiger partial charge in [-0.15, -0.1) is 0 Å². The summed E-state index contributed by atoms with van der Waals surface area (Å²) in [6.07, 6.45) is 54.5. The lowest BCUT2D eigenvalue weighted by atomic mass is 9.90. The number of rotatable bonds is 31. The van der Waals surface area contributed by atoms with Crippen molar-refractivity contribution in [1.82, 2.24) is 0 Å². The fourth-order valence-electron chi connectivity index (χ4n) is 9.12. The Kier molecular flexibility index (Phi) is 42.1. The van der Waals surface area contributed by atoms with Gasteiger partial charge in [-0.3, -0.25) is 0 Å². The third-order valence-corrected chi connectivity index (χ3v) is 14.9. The Morgan fingerprint density at radius 2 is 0.886 bits per heavy atom. The lowest BCUT2D eigenvalue weighted by Gasteiger charge is -2.17. The molecule has 0 spiro atoms. The number of aliphatic imine (C=N–C) groups is 1. The van der Waals surface area contributed by atoms with Crippen molar-refractivity contribution in [3.63, 3.8) is 0 Å². The van der Waals surface area contributed by atoms with Crippen molar-refractivity contribution in [2.75, 3.05) is 0 Å². The van der Waals surface area contributed by atoms with Gasteiger partial charge in [-0.1, -0.05) is 274 Å². The van der Waals surface area contributed by atoms with E-state index in [1.165, 1.54) is 236 Å². The molecule has 0 aliphatic heterocycles. The average molecular weight is 959 g/mol. The summed E-state index contributed by atoms with van der Waals surface area (Å²) in [5.41, 5.74) is 17.2. The summed E-state index contributed by atoms with van der Waals surface area (Å²) < 4.78 is 0. The Morgan fingerprint density at radius 3 is 1.21 bits per heavy atom. The standard InChI is InChI=1S/C31H39N.2C15H32.C8H12/c1-12-13-14-21(4)31(32-28(11)30-18-16-20(3)23(6)25(30)8)27(10)26(9)29-17-15-19(2)22(5)24(29)7;2*1-3-5-7-9-11-13-15-14-12-10-8-6-4-2;1-2-8-6-4-3-5-7-8/h12-18H,11H2,1-10H3;2*3-15H2,1-2H3;3-4,6H,2,5,7H2,1H3/b13-12-,21-14+,27-26+,32-31?;;;. The molecule has 0 saturated carbocycles. The first kappa shape index (κ1) is 66.6. The maximum absolute atomic E-state index is 5.11. The molecular formula is C69H115N. The summed E-state index contributed by atoms with van der Waals surface area (Å²) in [6, 6.07) is 8.75. The van der Waals surface area contributed by atoms with Gasteiger partial charge in [0.1, 0.15) is 0 Å². The van der Waals surface area contributed by atoms with Crippen molar-refractivity contribution in [2.24, 2.45) is 4.99 Å². The van der Waals surface area contributed by atoms with Crippen LogP contribution in [0.15, 0.2) is 89.0 Å². The van der Waals surface area contributed by atoms with Crippen molar-refractivity contribution in [1.29, 1.82) is 0 Å². The molecule has 1 nitrogen and oxygen atoms in total. The zero-order valence-corrected chi connectivity index (χ0v) is 49.4. The first-order chi connectivity index (χ1) is 33.8. The second-order valence-corrected chi connectivity index (χ2v) is 20.8. The molecule has 0 bridgehead atoms. The Bertz CT molecular complexity index is 1800. The summed E-state index contributed by atoms with van der Waals surface area (Å²) in [4.78, 5) is 5.11. The first-order valence-electron chi connectivity index (χ1n) is 29.5. The van der Waals surface area contributed by atoms with E-state index < -0.39 is 0 Å². The number of benzene rings is 2. The molecule has 0 fully saturated rings. The van der Waals surface area contributed by atoms with Crippen LogP contribution in [-0.4, -0.2) is 5.71 Å². The molecule has 1 aliphatic carbocycles. The molecule has 0 N–H and O–H groups in total. The predicted octanol–water partition coefficient (Wildman–Crippen LogP) is 23.8. The van der Waals surface area contributed by atoms with E-state index >= 15 is 0 Å². The molecule has 0 saturated heterocycles. The van der Waals surface area contributed by atoms with Gasteiger partial charge in [0, 0.05) is 5.56 Å². The van der Waals surface area contributed by atoms with Gasteiger partial charge >= 0.3 is 0 Å². The molecule has 3 rings (SSSR count). The van der Waals surface area contributed by atoms with Crippen LogP contribution in [0.3, 0.4) is 0 Å². The zero-order chi connectivity index (χ0) is 52.4. The Morgan fingerprint density at radius 1 is 0.514 bits per heavy atom. The Labute approximate surface area is 438 Å². The van der Waals surface area contributed by atoms with Crippen LogP contribution in [0.25, 0.3) is 11.3 Å². The molecule has 0 heterocycles. The van der Waals surface area contributed by atoms with E-state index in [1.807, 2.05) is 13.0 Å². The van der Waals surface area contributed by atoms with Crippen LogP contribution < -0.4 is 0 Å². The fourth-order valence-corrected chi connectivity index (χ4v) is 9.12. The third kappa shape index (κ3) is 30.4. The van der Waals surface area contributed by atoms with Crippen LogP contribution >= 0.6 is 0 Å². The van der Waals surface area contributed by atoms with Gasteiger partial charge in [-0.2, -0.15) is 0 Å². The molecule has 396 valence electrons. The number of hydrogen-bond acceptors (Lipinski definition) is 1. The summed E-state index contributed by atoms with van der Waals surface area (Å²) in [5.74, 6) is 0. The smallest absolute Gasteiger partial charge is 0.0698 e. The minimum atomic E-state index is 0.804. The van der Waals surface area contributed by atoms with Gasteiger partial charge < -0.3 is 0 Å². The quantitative estimate of drug-likeness (QED) is 0.0406. The highest BCUT2D eigenvalue weighted by Gasteiger charge is 2.15. The topological polar surface area (TPSA) is 12.4 Å². The lowest BCUT2D eigenvalue weighted by molar-refractivity contribution is 0.542. The Balaban J connectivity index is 0.00000104. The van der Waals surface area contributed by atoms with E-state index in [0.29, 0.717) is 0 Å². The van der Waals surface area contributed by atoms with Crippen molar-refractivity contribution >= 4 is 17.0 Å². The van der Waals surface area contributed by atoms with E-state index in [-0.39, 0.29) is 0 Å². The molecule has 0 atom stereocenters. The molecule has 2 aromatic carbocycles. The summed E-state index contributed by atoms with van der Waals surface area (Å²) in [6.45, 7) is 37.3. The zero-order valence-electron chi connectivity index (χ0n) is 49.4. The van der Waals surface area contributed by atoms with Gasteiger partial charge in [0.05, 0.1) is 11.4 Å². The average Bonchev–Trinajstić information content (AvgIpc) is 3.37. The van der Waals surface area contributed by atoms with Gasteiger partial charge in [0.2, 0.25) is 0 Å². The molecular weight excluding hydrogens is 843 g/mol. The van der Waals surface area contributed by atoms with Crippen LogP contribution in [0, 0.1) is 41.5 Å².